The van der Waals surface area contributed by atoms with Crippen molar-refractivity contribution in [1.82, 2.24) is 4.68 Å². The first kappa shape index (κ1) is 19.3. The van der Waals surface area contributed by atoms with Crippen LogP contribution in [0.1, 0.15) is 26.3 Å². The highest BCUT2D eigenvalue weighted by atomic mass is 16.2. The molecule has 5 heteroatoms. The van der Waals surface area contributed by atoms with Crippen molar-refractivity contribution in [2.24, 2.45) is 0 Å². The molecule has 2 heterocycles. The minimum Gasteiger partial charge on any atom is -0.311 e. The summed E-state index contributed by atoms with van der Waals surface area (Å²) < 4.78 is 1.93. The molecule has 1 aromatic heterocycles. The molecule has 4 aromatic carbocycles. The minimum absolute atomic E-state index is 0.0630. The SMILES string of the molecule is CN(C(=O)c1cccc2c3ccccc3n(N3Cc4ccccc4C3=O)c12)c1ccccc1. The molecule has 0 spiro atoms. The van der Waals surface area contributed by atoms with Crippen molar-refractivity contribution in [1.29, 1.82) is 0 Å². The second-order valence-corrected chi connectivity index (χ2v) is 8.25. The number of carbonyl (C=O) groups is 2. The molecule has 0 atom stereocenters. The van der Waals surface area contributed by atoms with Crippen LogP contribution in [0.4, 0.5) is 5.69 Å². The number of benzene rings is 4. The van der Waals surface area contributed by atoms with Gasteiger partial charge in [-0.3, -0.25) is 9.59 Å². The van der Waals surface area contributed by atoms with Gasteiger partial charge in [0.25, 0.3) is 11.8 Å². The zero-order chi connectivity index (χ0) is 22.5. The predicted molar refractivity (Wildman–Crippen MR) is 131 cm³/mol. The van der Waals surface area contributed by atoms with Crippen LogP contribution in [0.25, 0.3) is 21.8 Å². The lowest BCUT2D eigenvalue weighted by Crippen LogP contribution is -2.35. The predicted octanol–water partition coefficient (Wildman–Crippen LogP) is 5.36. The molecule has 160 valence electrons. The van der Waals surface area contributed by atoms with E-state index in [-0.39, 0.29) is 11.8 Å². The number of amides is 2. The first-order valence-corrected chi connectivity index (χ1v) is 10.9. The Hall–Kier alpha value is -4.38. The number of rotatable bonds is 3. The van der Waals surface area contributed by atoms with Gasteiger partial charge in [0, 0.05) is 29.1 Å². The van der Waals surface area contributed by atoms with Crippen molar-refractivity contribution in [3.63, 3.8) is 0 Å². The molecule has 0 fully saturated rings. The Labute approximate surface area is 191 Å². The maximum absolute atomic E-state index is 13.7. The summed E-state index contributed by atoms with van der Waals surface area (Å²) in [5, 5.41) is 3.70. The van der Waals surface area contributed by atoms with Crippen molar-refractivity contribution in [2.45, 2.75) is 6.54 Å². The topological polar surface area (TPSA) is 45.6 Å². The molecule has 0 N–H and O–H groups in total. The van der Waals surface area contributed by atoms with Gasteiger partial charge in [0.05, 0.1) is 23.1 Å². The summed E-state index contributed by atoms with van der Waals surface area (Å²) in [6, 6.07) is 31.0. The lowest BCUT2D eigenvalue weighted by Gasteiger charge is -2.23. The summed E-state index contributed by atoms with van der Waals surface area (Å²) in [5.74, 6) is -0.188. The number of hydrogen-bond donors (Lipinski definition) is 0. The number of aromatic nitrogens is 1. The Balaban J connectivity index is 1.60. The fourth-order valence-corrected chi connectivity index (χ4v) is 4.77. The van der Waals surface area contributed by atoms with Crippen LogP contribution in [0.3, 0.4) is 0 Å². The van der Waals surface area contributed by atoms with E-state index < -0.39 is 0 Å². The maximum atomic E-state index is 13.7. The molecule has 0 radical (unpaired) electrons. The molecule has 33 heavy (non-hydrogen) atoms. The maximum Gasteiger partial charge on any atom is 0.273 e. The molecule has 0 aliphatic carbocycles. The molecular formula is C28H21N3O2. The Morgan fingerprint density at radius 2 is 1.48 bits per heavy atom. The van der Waals surface area contributed by atoms with Gasteiger partial charge >= 0.3 is 0 Å². The van der Waals surface area contributed by atoms with E-state index in [0.717, 1.165) is 33.1 Å². The van der Waals surface area contributed by atoms with Gasteiger partial charge in [0.1, 0.15) is 0 Å². The summed E-state index contributed by atoms with van der Waals surface area (Å²) in [5.41, 5.74) is 4.70. The summed E-state index contributed by atoms with van der Waals surface area (Å²) in [6.07, 6.45) is 0. The first-order chi connectivity index (χ1) is 16.1. The average Bonchev–Trinajstić information content (AvgIpc) is 3.38. The molecule has 1 aliphatic rings. The molecule has 0 saturated heterocycles. The molecule has 0 saturated carbocycles. The van der Waals surface area contributed by atoms with Gasteiger partial charge in [0.2, 0.25) is 0 Å². The van der Waals surface area contributed by atoms with E-state index >= 15 is 0 Å². The lowest BCUT2D eigenvalue weighted by atomic mass is 10.1. The van der Waals surface area contributed by atoms with E-state index in [1.165, 1.54) is 0 Å². The quantitative estimate of drug-likeness (QED) is 0.386. The molecule has 0 bridgehead atoms. The smallest absolute Gasteiger partial charge is 0.273 e. The number of carbonyl (C=O) groups excluding carboxylic acids is 2. The van der Waals surface area contributed by atoms with E-state index in [9.17, 15) is 9.59 Å². The summed E-state index contributed by atoms with van der Waals surface area (Å²) in [4.78, 5) is 28.8. The largest absolute Gasteiger partial charge is 0.311 e. The zero-order valence-corrected chi connectivity index (χ0v) is 18.1. The van der Waals surface area contributed by atoms with E-state index in [0.29, 0.717) is 17.7 Å². The van der Waals surface area contributed by atoms with Gasteiger partial charge < -0.3 is 4.90 Å². The van der Waals surface area contributed by atoms with Crippen molar-refractivity contribution in [3.8, 4) is 0 Å². The summed E-state index contributed by atoms with van der Waals surface area (Å²) >= 11 is 0. The van der Waals surface area contributed by atoms with Crippen LogP contribution in [0.5, 0.6) is 0 Å². The zero-order valence-electron chi connectivity index (χ0n) is 18.1. The first-order valence-electron chi connectivity index (χ1n) is 10.9. The van der Waals surface area contributed by atoms with Crippen LogP contribution in [0.2, 0.25) is 0 Å². The number of fused-ring (bicyclic) bond motifs is 4. The average molecular weight is 431 g/mol. The van der Waals surface area contributed by atoms with E-state index in [1.54, 1.807) is 17.0 Å². The number of nitrogens with zero attached hydrogens (tertiary/aromatic N) is 3. The fraction of sp³-hybridized carbons (Fsp3) is 0.0714. The van der Waals surface area contributed by atoms with Crippen LogP contribution in [-0.4, -0.2) is 23.5 Å². The number of para-hydroxylation sites is 3. The van der Waals surface area contributed by atoms with Crippen molar-refractivity contribution < 1.29 is 9.59 Å². The van der Waals surface area contributed by atoms with Gasteiger partial charge in [0.15, 0.2) is 0 Å². The highest BCUT2D eigenvalue weighted by Gasteiger charge is 2.32. The molecule has 5 nitrogen and oxygen atoms in total. The highest BCUT2D eigenvalue weighted by Crippen LogP contribution is 2.35. The third-order valence-corrected chi connectivity index (χ3v) is 6.39. The Bertz CT molecular complexity index is 1550. The summed E-state index contributed by atoms with van der Waals surface area (Å²) in [7, 11) is 1.78. The Morgan fingerprint density at radius 1 is 0.788 bits per heavy atom. The highest BCUT2D eigenvalue weighted by molar-refractivity contribution is 6.20. The van der Waals surface area contributed by atoms with Crippen LogP contribution >= 0.6 is 0 Å². The monoisotopic (exact) mass is 431 g/mol. The molecular weight excluding hydrogens is 410 g/mol. The molecule has 1 aliphatic heterocycles. The van der Waals surface area contributed by atoms with E-state index in [1.807, 2.05) is 102 Å². The second kappa shape index (κ2) is 7.35. The molecule has 2 amide bonds. The van der Waals surface area contributed by atoms with Gasteiger partial charge in [-0.1, -0.05) is 66.7 Å². The third kappa shape index (κ3) is 2.86. The van der Waals surface area contributed by atoms with Crippen molar-refractivity contribution in [3.05, 3.63) is 114 Å². The van der Waals surface area contributed by atoms with Crippen LogP contribution < -0.4 is 9.91 Å². The minimum atomic E-state index is -0.125. The fourth-order valence-electron chi connectivity index (χ4n) is 4.77. The van der Waals surface area contributed by atoms with E-state index in [4.69, 9.17) is 0 Å². The normalized spacial score (nSPS) is 13.0. The number of hydrogen-bond acceptors (Lipinski definition) is 2. The third-order valence-electron chi connectivity index (χ3n) is 6.39. The Morgan fingerprint density at radius 3 is 2.30 bits per heavy atom. The Kier molecular flexibility index (Phi) is 4.30. The van der Waals surface area contributed by atoms with Crippen LogP contribution in [-0.2, 0) is 6.54 Å². The van der Waals surface area contributed by atoms with Gasteiger partial charge in [-0.05, 0) is 35.9 Å². The van der Waals surface area contributed by atoms with Crippen molar-refractivity contribution in [2.75, 3.05) is 17.0 Å². The lowest BCUT2D eigenvalue weighted by molar-refractivity contribution is 0.0967. The van der Waals surface area contributed by atoms with Crippen molar-refractivity contribution >= 4 is 39.3 Å². The van der Waals surface area contributed by atoms with Gasteiger partial charge in [-0.2, -0.15) is 0 Å². The summed E-state index contributed by atoms with van der Waals surface area (Å²) in [6.45, 7) is 0.458. The van der Waals surface area contributed by atoms with E-state index in [2.05, 4.69) is 0 Å². The van der Waals surface area contributed by atoms with Crippen LogP contribution in [0, 0.1) is 0 Å². The molecule has 0 unspecified atom stereocenters. The second-order valence-electron chi connectivity index (χ2n) is 8.25. The van der Waals surface area contributed by atoms with Crippen LogP contribution in [0.15, 0.2) is 97.1 Å². The standard InChI is InChI=1S/C28H21N3O2/c1-29(20-11-3-2-4-12-20)27(32)24-16-9-15-23-22-14-7-8-17-25(22)31(26(23)24)30-18-19-10-5-6-13-21(19)28(30)33/h2-17H,18H2,1H3. The molecule has 6 rings (SSSR count). The van der Waals surface area contributed by atoms with Gasteiger partial charge in [-0.15, -0.1) is 0 Å². The van der Waals surface area contributed by atoms with Gasteiger partial charge in [-0.25, -0.2) is 9.69 Å². The number of anilines is 1. The molecule has 5 aromatic rings.